The number of nitriles is 1. The maximum absolute atomic E-state index is 13.0. The van der Waals surface area contributed by atoms with E-state index in [1.54, 1.807) is 18.2 Å². The summed E-state index contributed by atoms with van der Waals surface area (Å²) in [6.45, 7) is 0. The third-order valence-corrected chi connectivity index (χ3v) is 2.69. The number of hydrogen-bond acceptors (Lipinski definition) is 1. The van der Waals surface area contributed by atoms with Gasteiger partial charge in [-0.3, -0.25) is 0 Å². The van der Waals surface area contributed by atoms with Crippen LogP contribution in [0.15, 0.2) is 36.4 Å². The number of nitrogens with one attached hydrogen (secondary N) is 1. The summed E-state index contributed by atoms with van der Waals surface area (Å²) in [5, 5.41) is 10.8. The molecule has 0 amide bonds. The molecule has 0 saturated carbocycles. The van der Waals surface area contributed by atoms with Crippen molar-refractivity contribution in [2.45, 2.75) is 0 Å². The first kappa shape index (κ1) is 8.93. The minimum atomic E-state index is -0.264. The fourth-order valence-electron chi connectivity index (χ4n) is 1.95. The third kappa shape index (κ3) is 1.17. The molecule has 0 unspecified atom stereocenters. The lowest BCUT2D eigenvalue weighted by Crippen LogP contribution is -1.72. The van der Waals surface area contributed by atoms with Crippen LogP contribution in [-0.2, 0) is 0 Å². The van der Waals surface area contributed by atoms with E-state index in [1.807, 2.05) is 6.07 Å². The second-order valence-electron chi connectivity index (χ2n) is 3.69. The monoisotopic (exact) mass is 211 g/mol. The molecule has 0 aliphatic carbocycles. The predicted molar refractivity (Wildman–Crippen MR) is 60.5 cm³/mol. The Balaban J connectivity index is 2.46. The molecule has 0 spiro atoms. The Kier molecular flexibility index (Phi) is 1.72. The normalized spacial score (nSPS) is 10.8. The Bertz CT molecular complexity index is 735. The molecular formula is C13H7FN2. The van der Waals surface area contributed by atoms with Gasteiger partial charge in [0.05, 0.1) is 11.6 Å². The van der Waals surface area contributed by atoms with Gasteiger partial charge >= 0.3 is 0 Å². The van der Waals surface area contributed by atoms with Gasteiger partial charge in [-0.05, 0) is 30.3 Å². The Labute approximate surface area is 90.9 Å². The van der Waals surface area contributed by atoms with Crippen LogP contribution in [-0.4, -0.2) is 4.98 Å². The van der Waals surface area contributed by atoms with Crippen LogP contribution in [0.5, 0.6) is 0 Å². The van der Waals surface area contributed by atoms with Gasteiger partial charge in [-0.1, -0.05) is 6.07 Å². The van der Waals surface area contributed by atoms with Crippen molar-refractivity contribution in [1.29, 1.82) is 5.26 Å². The summed E-state index contributed by atoms with van der Waals surface area (Å²) >= 11 is 0. The average molecular weight is 211 g/mol. The summed E-state index contributed by atoms with van der Waals surface area (Å²) in [7, 11) is 0. The third-order valence-electron chi connectivity index (χ3n) is 2.69. The Morgan fingerprint density at radius 1 is 1.00 bits per heavy atom. The molecule has 0 bridgehead atoms. The Hall–Kier alpha value is -2.34. The molecule has 0 aliphatic rings. The van der Waals surface area contributed by atoms with E-state index in [-0.39, 0.29) is 5.82 Å². The number of H-pyrrole nitrogens is 1. The second-order valence-corrected chi connectivity index (χ2v) is 3.69. The van der Waals surface area contributed by atoms with E-state index in [0.29, 0.717) is 5.56 Å². The van der Waals surface area contributed by atoms with Crippen molar-refractivity contribution in [2.75, 3.05) is 0 Å². The fourth-order valence-corrected chi connectivity index (χ4v) is 1.95. The van der Waals surface area contributed by atoms with Gasteiger partial charge in [-0.25, -0.2) is 4.39 Å². The molecule has 0 saturated heterocycles. The maximum atomic E-state index is 13.0. The molecule has 1 N–H and O–H groups in total. The first-order valence-electron chi connectivity index (χ1n) is 4.89. The van der Waals surface area contributed by atoms with E-state index in [2.05, 4.69) is 11.1 Å². The lowest BCUT2D eigenvalue weighted by atomic mass is 10.1. The molecule has 0 radical (unpaired) electrons. The largest absolute Gasteiger partial charge is 0.354 e. The topological polar surface area (TPSA) is 39.6 Å². The molecule has 1 aromatic heterocycles. The molecule has 0 fully saturated rings. The van der Waals surface area contributed by atoms with E-state index in [1.165, 1.54) is 12.1 Å². The standard InChI is InChI=1S/C13H7FN2/c14-9-2-4-11-10-3-1-8(7-15)5-12(10)16-13(11)6-9/h1-6,16H/i7+1. The van der Waals surface area contributed by atoms with Crippen LogP contribution in [0.3, 0.4) is 0 Å². The van der Waals surface area contributed by atoms with Crippen molar-refractivity contribution in [1.82, 2.24) is 4.98 Å². The highest BCUT2D eigenvalue weighted by molar-refractivity contribution is 6.07. The van der Waals surface area contributed by atoms with Crippen LogP contribution in [0.4, 0.5) is 4.39 Å². The molecule has 3 rings (SSSR count). The minimum absolute atomic E-state index is 0.264. The SMILES string of the molecule is N#[13C]c1ccc2c(c1)[nH]c1cc(F)ccc12. The number of fused-ring (bicyclic) bond motifs is 3. The smallest absolute Gasteiger partial charge is 0.125 e. The van der Waals surface area contributed by atoms with Gasteiger partial charge in [0.2, 0.25) is 0 Å². The molecule has 0 aliphatic heterocycles. The van der Waals surface area contributed by atoms with Crippen LogP contribution in [0.25, 0.3) is 21.8 Å². The van der Waals surface area contributed by atoms with Gasteiger partial charge in [0.25, 0.3) is 0 Å². The molecule has 0 atom stereocenters. The van der Waals surface area contributed by atoms with E-state index >= 15 is 0 Å². The first-order chi connectivity index (χ1) is 7.78. The zero-order valence-corrected chi connectivity index (χ0v) is 8.29. The number of aromatic amines is 1. The lowest BCUT2D eigenvalue weighted by Gasteiger charge is -1.91. The van der Waals surface area contributed by atoms with Crippen molar-refractivity contribution in [2.24, 2.45) is 0 Å². The van der Waals surface area contributed by atoms with Crippen molar-refractivity contribution >= 4 is 21.8 Å². The summed E-state index contributed by atoms with van der Waals surface area (Å²) in [4.78, 5) is 3.10. The van der Waals surface area contributed by atoms with Crippen molar-refractivity contribution in [3.05, 3.63) is 47.8 Å². The van der Waals surface area contributed by atoms with E-state index < -0.39 is 0 Å². The van der Waals surface area contributed by atoms with Crippen LogP contribution < -0.4 is 0 Å². The maximum Gasteiger partial charge on any atom is 0.125 e. The van der Waals surface area contributed by atoms with E-state index in [4.69, 9.17) is 5.26 Å². The predicted octanol–water partition coefficient (Wildman–Crippen LogP) is 3.33. The summed E-state index contributed by atoms with van der Waals surface area (Å²) in [6, 6.07) is 12.1. The zero-order chi connectivity index (χ0) is 11.1. The van der Waals surface area contributed by atoms with Crippen LogP contribution in [0, 0.1) is 17.1 Å². The zero-order valence-electron chi connectivity index (χ0n) is 8.29. The summed E-state index contributed by atoms with van der Waals surface area (Å²) in [5.74, 6) is -0.264. The van der Waals surface area contributed by atoms with Crippen LogP contribution >= 0.6 is 0 Å². The highest BCUT2D eigenvalue weighted by Crippen LogP contribution is 2.26. The Morgan fingerprint density at radius 3 is 2.44 bits per heavy atom. The van der Waals surface area contributed by atoms with Gasteiger partial charge < -0.3 is 4.98 Å². The van der Waals surface area contributed by atoms with E-state index in [0.717, 1.165) is 21.8 Å². The summed E-state index contributed by atoms with van der Waals surface area (Å²) in [6.07, 6.45) is 0. The molecule has 76 valence electrons. The highest BCUT2D eigenvalue weighted by Gasteiger charge is 2.05. The number of benzene rings is 2. The van der Waals surface area contributed by atoms with Crippen molar-refractivity contribution < 1.29 is 4.39 Å². The van der Waals surface area contributed by atoms with Crippen molar-refractivity contribution in [3.8, 4) is 6.07 Å². The molecule has 2 aromatic carbocycles. The van der Waals surface area contributed by atoms with Crippen LogP contribution in [0.2, 0.25) is 0 Å². The fraction of sp³-hybridized carbons (Fsp3) is 0. The van der Waals surface area contributed by atoms with Gasteiger partial charge in [-0.15, -0.1) is 0 Å². The molecular weight excluding hydrogens is 204 g/mol. The van der Waals surface area contributed by atoms with Gasteiger partial charge in [0.15, 0.2) is 0 Å². The number of nitrogens with zero attached hydrogens (tertiary/aromatic N) is 1. The summed E-state index contributed by atoms with van der Waals surface area (Å²) < 4.78 is 13.0. The highest BCUT2D eigenvalue weighted by atomic mass is 19.1. The summed E-state index contributed by atoms with van der Waals surface area (Å²) in [5.41, 5.74) is 2.21. The minimum Gasteiger partial charge on any atom is -0.354 e. The number of hydrogen-bond donors (Lipinski definition) is 1. The average Bonchev–Trinajstić information content (AvgIpc) is 2.64. The van der Waals surface area contributed by atoms with Gasteiger partial charge in [-0.2, -0.15) is 5.26 Å². The molecule has 3 aromatic rings. The molecule has 3 heteroatoms. The van der Waals surface area contributed by atoms with Crippen LogP contribution in [0.1, 0.15) is 5.56 Å². The Morgan fingerprint density at radius 2 is 1.69 bits per heavy atom. The first-order valence-corrected chi connectivity index (χ1v) is 4.89. The van der Waals surface area contributed by atoms with Crippen molar-refractivity contribution in [3.63, 3.8) is 0 Å². The number of aromatic nitrogens is 1. The van der Waals surface area contributed by atoms with Gasteiger partial charge in [0.1, 0.15) is 5.82 Å². The number of rotatable bonds is 0. The van der Waals surface area contributed by atoms with Gasteiger partial charge in [0, 0.05) is 21.8 Å². The number of halogens is 1. The molecule has 16 heavy (non-hydrogen) atoms. The van der Waals surface area contributed by atoms with E-state index in [9.17, 15) is 4.39 Å². The quantitative estimate of drug-likeness (QED) is 0.569. The lowest BCUT2D eigenvalue weighted by molar-refractivity contribution is 0.629. The second kappa shape index (κ2) is 3.07. The molecule has 1 heterocycles. The molecule has 2 nitrogen and oxygen atoms in total.